The highest BCUT2D eigenvalue weighted by Crippen LogP contribution is 2.31. The first-order chi connectivity index (χ1) is 3.43. The van der Waals surface area contributed by atoms with E-state index in [0.29, 0.717) is 0 Å². The summed E-state index contributed by atoms with van der Waals surface area (Å²) in [6.07, 6.45) is 5.98. The van der Waals surface area contributed by atoms with Gasteiger partial charge in [-0.25, -0.2) is 0 Å². The van der Waals surface area contributed by atoms with E-state index in [9.17, 15) is 0 Å². The largest absolute Gasteiger partial charge is 0.0810 e. The smallest absolute Gasteiger partial charge is 0.0173 e. The van der Waals surface area contributed by atoms with E-state index in [1.54, 1.807) is 8.58 Å². The Bertz CT molecular complexity index is 46.1. The van der Waals surface area contributed by atoms with Gasteiger partial charge in [-0.1, -0.05) is 21.4 Å². The normalized spacial score (nSPS) is 25.3. The summed E-state index contributed by atoms with van der Waals surface area (Å²) in [6, 6.07) is 0. The number of hydrogen-bond acceptors (Lipinski definition) is 0. The zero-order chi connectivity index (χ0) is 5.11. The van der Waals surface area contributed by atoms with Gasteiger partial charge in [0.05, 0.1) is 0 Å². The number of rotatable bonds is 1. The molecule has 0 N–H and O–H groups in total. The van der Waals surface area contributed by atoms with Crippen LogP contribution in [0, 0.1) is 0 Å². The molecule has 0 bridgehead atoms. The second kappa shape index (κ2) is 2.67. The van der Waals surface area contributed by atoms with Crippen LogP contribution in [0.5, 0.6) is 0 Å². The summed E-state index contributed by atoms with van der Waals surface area (Å²) in [7, 11) is 1.62. The molecule has 0 aliphatic heterocycles. The first-order valence-electron chi connectivity index (χ1n) is 3.02. The second-order valence-corrected chi connectivity index (χ2v) is 3.44. The fraction of sp³-hybridized carbons (Fsp3) is 1.00. The van der Waals surface area contributed by atoms with E-state index in [0.717, 1.165) is 5.66 Å². The fourth-order valence-electron chi connectivity index (χ4n) is 1.16. The van der Waals surface area contributed by atoms with E-state index < -0.39 is 0 Å². The molecule has 1 radical (unpaired) electrons. The van der Waals surface area contributed by atoms with Gasteiger partial charge in [-0.05, 0) is 25.2 Å². The molecule has 0 heterocycles. The summed E-state index contributed by atoms with van der Waals surface area (Å²) in [4.78, 5) is 0. The minimum atomic E-state index is 1.07. The van der Waals surface area contributed by atoms with Crippen molar-refractivity contribution in [2.75, 3.05) is 6.66 Å². The summed E-state index contributed by atoms with van der Waals surface area (Å²) in [5, 5.41) is 0. The Labute approximate surface area is 47.5 Å². The predicted molar refractivity (Wildman–Crippen MR) is 35.1 cm³/mol. The van der Waals surface area contributed by atoms with E-state index in [4.69, 9.17) is 0 Å². The molecule has 0 amide bonds. The van der Waals surface area contributed by atoms with Crippen LogP contribution in [0.1, 0.15) is 25.7 Å². The molecule has 0 nitrogen and oxygen atoms in total. The highest BCUT2D eigenvalue weighted by atomic mass is 31.1. The van der Waals surface area contributed by atoms with Crippen molar-refractivity contribution in [2.24, 2.45) is 0 Å². The highest BCUT2D eigenvalue weighted by Gasteiger charge is 2.11. The maximum atomic E-state index is 2.27. The summed E-state index contributed by atoms with van der Waals surface area (Å²) >= 11 is 0. The van der Waals surface area contributed by atoms with Crippen molar-refractivity contribution in [1.82, 2.24) is 0 Å². The van der Waals surface area contributed by atoms with Crippen LogP contribution in [-0.4, -0.2) is 12.3 Å². The molecule has 7 heavy (non-hydrogen) atoms. The van der Waals surface area contributed by atoms with Gasteiger partial charge >= 0.3 is 0 Å². The van der Waals surface area contributed by atoms with Crippen molar-refractivity contribution in [3.8, 4) is 0 Å². The molecular formula is C6H12P. The van der Waals surface area contributed by atoms with Crippen molar-refractivity contribution >= 4 is 8.58 Å². The first kappa shape index (κ1) is 5.56. The molecule has 0 saturated heterocycles. The predicted octanol–water partition coefficient (Wildman–Crippen LogP) is 2.51. The molecule has 1 aliphatic rings. The zero-order valence-corrected chi connectivity index (χ0v) is 5.75. The Morgan fingerprint density at radius 2 is 1.86 bits per heavy atom. The fourth-order valence-corrected chi connectivity index (χ4v) is 2.04. The van der Waals surface area contributed by atoms with Crippen molar-refractivity contribution in [1.29, 1.82) is 0 Å². The molecule has 0 aromatic carbocycles. The lowest BCUT2D eigenvalue weighted by Gasteiger charge is -1.99. The van der Waals surface area contributed by atoms with Gasteiger partial charge in [0.2, 0.25) is 0 Å². The Morgan fingerprint density at radius 1 is 1.29 bits per heavy atom. The van der Waals surface area contributed by atoms with E-state index in [-0.39, 0.29) is 0 Å². The lowest BCUT2D eigenvalue weighted by atomic mass is 10.4. The van der Waals surface area contributed by atoms with Gasteiger partial charge in [-0.15, -0.1) is 0 Å². The van der Waals surface area contributed by atoms with Gasteiger partial charge < -0.3 is 0 Å². The molecule has 1 aliphatic carbocycles. The third kappa shape index (κ3) is 1.42. The lowest BCUT2D eigenvalue weighted by Crippen LogP contribution is -1.87. The van der Waals surface area contributed by atoms with Crippen LogP contribution in [0.2, 0.25) is 0 Å². The van der Waals surface area contributed by atoms with Crippen LogP contribution >= 0.6 is 8.58 Å². The third-order valence-corrected chi connectivity index (χ3v) is 2.94. The zero-order valence-electron chi connectivity index (χ0n) is 4.85. The lowest BCUT2D eigenvalue weighted by molar-refractivity contribution is 0.886. The van der Waals surface area contributed by atoms with Crippen LogP contribution in [0.25, 0.3) is 0 Å². The topological polar surface area (TPSA) is 0 Å². The maximum Gasteiger partial charge on any atom is -0.0173 e. The second-order valence-electron chi connectivity index (χ2n) is 2.20. The van der Waals surface area contributed by atoms with E-state index in [1.165, 1.54) is 25.7 Å². The Balaban J connectivity index is 2.14. The Kier molecular flexibility index (Phi) is 2.12. The highest BCUT2D eigenvalue weighted by molar-refractivity contribution is 7.37. The molecule has 0 unspecified atom stereocenters. The molecule has 0 aromatic heterocycles. The van der Waals surface area contributed by atoms with Crippen molar-refractivity contribution in [2.45, 2.75) is 31.3 Å². The first-order valence-corrected chi connectivity index (χ1v) is 4.43. The van der Waals surface area contributed by atoms with Gasteiger partial charge in [0.25, 0.3) is 0 Å². The van der Waals surface area contributed by atoms with Crippen molar-refractivity contribution < 1.29 is 0 Å². The van der Waals surface area contributed by atoms with Gasteiger partial charge in [0, 0.05) is 0 Å². The maximum absolute atomic E-state index is 2.27. The Hall–Kier alpha value is 0.430. The minimum absolute atomic E-state index is 1.07. The molecule has 1 heteroatoms. The summed E-state index contributed by atoms with van der Waals surface area (Å²) in [5.74, 6) is 0. The molecule has 0 atom stereocenters. The molecule has 1 fully saturated rings. The Morgan fingerprint density at radius 3 is 2.14 bits per heavy atom. The van der Waals surface area contributed by atoms with Gasteiger partial charge in [0.15, 0.2) is 0 Å². The van der Waals surface area contributed by atoms with E-state index >= 15 is 0 Å². The van der Waals surface area contributed by atoms with Gasteiger partial charge in [0.1, 0.15) is 0 Å². The molecule has 0 spiro atoms. The van der Waals surface area contributed by atoms with Crippen LogP contribution in [0.3, 0.4) is 0 Å². The van der Waals surface area contributed by atoms with Crippen LogP contribution < -0.4 is 0 Å². The summed E-state index contributed by atoms with van der Waals surface area (Å²) in [6.45, 7) is 2.27. The van der Waals surface area contributed by atoms with E-state index in [1.807, 2.05) is 0 Å². The van der Waals surface area contributed by atoms with Gasteiger partial charge in [-0.2, -0.15) is 0 Å². The van der Waals surface area contributed by atoms with Crippen LogP contribution in [0.15, 0.2) is 0 Å². The third-order valence-electron chi connectivity index (χ3n) is 1.69. The molecular weight excluding hydrogens is 103 g/mol. The van der Waals surface area contributed by atoms with Gasteiger partial charge in [-0.3, -0.25) is 0 Å². The van der Waals surface area contributed by atoms with Crippen LogP contribution in [0.4, 0.5) is 0 Å². The van der Waals surface area contributed by atoms with Crippen molar-refractivity contribution in [3.05, 3.63) is 0 Å². The van der Waals surface area contributed by atoms with Crippen LogP contribution in [-0.2, 0) is 0 Å². The SMILES string of the molecule is C[P]C1CCCC1. The quantitative estimate of drug-likeness (QED) is 0.460. The average molecular weight is 115 g/mol. The van der Waals surface area contributed by atoms with E-state index in [2.05, 4.69) is 6.66 Å². The summed E-state index contributed by atoms with van der Waals surface area (Å²) in [5.41, 5.74) is 1.07. The summed E-state index contributed by atoms with van der Waals surface area (Å²) < 4.78 is 0. The van der Waals surface area contributed by atoms with Crippen molar-refractivity contribution in [3.63, 3.8) is 0 Å². The molecule has 0 aromatic rings. The standard InChI is InChI=1S/C6H12P/c1-7-6-4-2-3-5-6/h6H,2-5H2,1H3. The molecule has 1 rings (SSSR count). The average Bonchev–Trinajstić information content (AvgIpc) is 2.14. The monoisotopic (exact) mass is 115 g/mol. The number of hydrogen-bond donors (Lipinski definition) is 0. The molecule has 1 saturated carbocycles. The minimum Gasteiger partial charge on any atom is -0.0810 e. The molecule has 41 valence electrons.